The van der Waals surface area contributed by atoms with Gasteiger partial charge in [-0.2, -0.15) is 0 Å². The fraction of sp³-hybridized carbons (Fsp3) is 0.889. The van der Waals surface area contributed by atoms with Crippen LogP contribution in [-0.2, 0) is 28.5 Å². The van der Waals surface area contributed by atoms with E-state index in [4.69, 9.17) is 23.7 Å². The molecular weight excluding hydrogens is 420 g/mol. The van der Waals surface area contributed by atoms with Gasteiger partial charge >= 0.3 is 5.97 Å². The summed E-state index contributed by atoms with van der Waals surface area (Å²) >= 11 is 0. The summed E-state index contributed by atoms with van der Waals surface area (Å²) in [4.78, 5) is 12.0. The van der Waals surface area contributed by atoms with Crippen molar-refractivity contribution in [3.05, 3.63) is 12.2 Å². The average molecular weight is 465 g/mol. The molecular formula is C27H44O6. The highest BCUT2D eigenvalue weighted by Crippen LogP contribution is 2.45. The Morgan fingerprint density at radius 3 is 2.48 bits per heavy atom. The zero-order chi connectivity index (χ0) is 23.3. The molecule has 0 amide bonds. The number of ether oxygens (including phenoxy) is 5. The Balaban J connectivity index is 1.49. The molecule has 0 bridgehead atoms. The maximum absolute atomic E-state index is 12.0. The van der Waals surface area contributed by atoms with E-state index in [1.807, 2.05) is 0 Å². The van der Waals surface area contributed by atoms with Gasteiger partial charge in [0.25, 0.3) is 0 Å². The molecule has 188 valence electrons. The van der Waals surface area contributed by atoms with Crippen molar-refractivity contribution in [3.8, 4) is 0 Å². The van der Waals surface area contributed by atoms with Crippen LogP contribution in [0, 0.1) is 17.3 Å². The van der Waals surface area contributed by atoms with Gasteiger partial charge in [-0.1, -0.05) is 45.8 Å². The SMILES string of the molecule is CCCCC(C)(C)[C@H](C=C[C@@H]1[C@H]2CC(=O)O[C@H]2C[C@H]1OC1CCCCO1)OC1CCCCO1. The summed E-state index contributed by atoms with van der Waals surface area (Å²) in [5.74, 6) is 0.224. The average Bonchev–Trinajstić information content (AvgIpc) is 3.32. The van der Waals surface area contributed by atoms with E-state index in [1.54, 1.807) is 0 Å². The lowest BCUT2D eigenvalue weighted by molar-refractivity contribution is -0.198. The molecule has 0 N–H and O–H groups in total. The molecule has 4 aliphatic rings. The van der Waals surface area contributed by atoms with E-state index in [-0.39, 0.29) is 54.1 Å². The molecule has 0 aromatic carbocycles. The van der Waals surface area contributed by atoms with Gasteiger partial charge < -0.3 is 23.7 Å². The number of hydrogen-bond donors (Lipinski definition) is 0. The summed E-state index contributed by atoms with van der Waals surface area (Å²) in [7, 11) is 0. The van der Waals surface area contributed by atoms with Gasteiger partial charge in [-0.25, -0.2) is 0 Å². The van der Waals surface area contributed by atoms with Gasteiger partial charge in [0.05, 0.1) is 18.6 Å². The molecule has 3 saturated heterocycles. The van der Waals surface area contributed by atoms with Crippen molar-refractivity contribution in [2.24, 2.45) is 17.3 Å². The van der Waals surface area contributed by atoms with E-state index in [9.17, 15) is 4.79 Å². The van der Waals surface area contributed by atoms with Crippen LogP contribution < -0.4 is 0 Å². The van der Waals surface area contributed by atoms with E-state index in [0.29, 0.717) is 6.42 Å². The molecule has 7 atom stereocenters. The molecule has 4 rings (SSSR count). The van der Waals surface area contributed by atoms with Crippen molar-refractivity contribution in [3.63, 3.8) is 0 Å². The summed E-state index contributed by atoms with van der Waals surface area (Å²) < 4.78 is 30.4. The number of hydrogen-bond acceptors (Lipinski definition) is 6. The Labute approximate surface area is 199 Å². The van der Waals surface area contributed by atoms with Crippen molar-refractivity contribution in [2.75, 3.05) is 13.2 Å². The first-order chi connectivity index (χ1) is 16.0. The number of carbonyl (C=O) groups is 1. The van der Waals surface area contributed by atoms with Gasteiger partial charge in [-0.05, 0) is 50.4 Å². The largest absolute Gasteiger partial charge is 0.462 e. The number of esters is 1. The maximum Gasteiger partial charge on any atom is 0.306 e. The Morgan fingerprint density at radius 2 is 1.82 bits per heavy atom. The third-order valence-electron chi connectivity index (χ3n) is 7.90. The van der Waals surface area contributed by atoms with Crippen LogP contribution >= 0.6 is 0 Å². The number of carbonyl (C=O) groups excluding carboxylic acids is 1. The second-order valence-corrected chi connectivity index (χ2v) is 11.0. The molecule has 3 heterocycles. The molecule has 33 heavy (non-hydrogen) atoms. The van der Waals surface area contributed by atoms with Crippen LogP contribution in [0.3, 0.4) is 0 Å². The molecule has 0 aromatic heterocycles. The van der Waals surface area contributed by atoms with Gasteiger partial charge in [0.1, 0.15) is 6.10 Å². The van der Waals surface area contributed by atoms with Crippen LogP contribution in [0.25, 0.3) is 0 Å². The van der Waals surface area contributed by atoms with Crippen LogP contribution in [0.1, 0.15) is 91.4 Å². The quantitative estimate of drug-likeness (QED) is 0.313. The summed E-state index contributed by atoms with van der Waals surface area (Å²) in [5, 5.41) is 0. The predicted molar refractivity (Wildman–Crippen MR) is 125 cm³/mol. The highest BCUT2D eigenvalue weighted by Gasteiger charge is 2.50. The molecule has 6 heteroatoms. The highest BCUT2D eigenvalue weighted by atomic mass is 16.7. The minimum absolute atomic E-state index is 0.00382. The van der Waals surface area contributed by atoms with E-state index in [1.165, 1.54) is 12.8 Å². The fourth-order valence-electron chi connectivity index (χ4n) is 5.80. The van der Waals surface area contributed by atoms with Crippen molar-refractivity contribution < 1.29 is 28.5 Å². The third kappa shape index (κ3) is 6.59. The van der Waals surface area contributed by atoms with Crippen molar-refractivity contribution in [1.29, 1.82) is 0 Å². The van der Waals surface area contributed by atoms with Gasteiger partial charge in [0.2, 0.25) is 0 Å². The Hall–Kier alpha value is -0.950. The van der Waals surface area contributed by atoms with Gasteiger partial charge in [0.15, 0.2) is 12.6 Å². The standard InChI is InChI=1S/C27H44O6/c1-4-5-14-27(2,3)23(33-26-11-7-9-16-30-26)13-12-19-20-17-24(28)31-22(20)18-21(19)32-25-10-6-8-15-29-25/h12-13,19-23,25-26H,4-11,14-18H2,1-3H3/t19-,20-,21-,22+,23+,25?,26?/m1/s1. The summed E-state index contributed by atoms with van der Waals surface area (Å²) in [6.07, 6.45) is 15.2. The lowest BCUT2D eigenvalue weighted by Crippen LogP contribution is -2.37. The Kier molecular flexibility index (Phi) is 8.88. The predicted octanol–water partition coefficient (Wildman–Crippen LogP) is 5.53. The lowest BCUT2D eigenvalue weighted by atomic mass is 9.80. The second-order valence-electron chi connectivity index (χ2n) is 11.0. The van der Waals surface area contributed by atoms with Crippen LogP contribution in [0.4, 0.5) is 0 Å². The molecule has 6 nitrogen and oxygen atoms in total. The molecule has 1 aliphatic carbocycles. The minimum Gasteiger partial charge on any atom is -0.462 e. The monoisotopic (exact) mass is 464 g/mol. The molecule has 0 radical (unpaired) electrons. The molecule has 0 aromatic rings. The third-order valence-corrected chi connectivity index (χ3v) is 7.90. The van der Waals surface area contributed by atoms with E-state index in [2.05, 4.69) is 32.9 Å². The molecule has 2 unspecified atom stereocenters. The van der Waals surface area contributed by atoms with E-state index >= 15 is 0 Å². The van der Waals surface area contributed by atoms with Crippen molar-refractivity contribution >= 4 is 5.97 Å². The van der Waals surface area contributed by atoms with E-state index < -0.39 is 0 Å². The minimum atomic E-state index is -0.141. The summed E-state index contributed by atoms with van der Waals surface area (Å²) in [6, 6.07) is 0. The first kappa shape index (κ1) is 25.2. The molecule has 0 spiro atoms. The number of rotatable bonds is 10. The van der Waals surface area contributed by atoms with Crippen LogP contribution in [0.15, 0.2) is 12.2 Å². The van der Waals surface area contributed by atoms with Crippen LogP contribution in [0.5, 0.6) is 0 Å². The molecule has 1 saturated carbocycles. The maximum atomic E-state index is 12.0. The first-order valence-corrected chi connectivity index (χ1v) is 13.4. The van der Waals surface area contributed by atoms with Gasteiger partial charge in [-0.3, -0.25) is 4.79 Å². The van der Waals surface area contributed by atoms with Gasteiger partial charge in [0, 0.05) is 31.5 Å². The van der Waals surface area contributed by atoms with Gasteiger partial charge in [-0.15, -0.1) is 0 Å². The summed E-state index contributed by atoms with van der Waals surface area (Å²) in [6.45, 7) is 8.37. The lowest BCUT2D eigenvalue weighted by Gasteiger charge is -2.36. The molecule has 3 aliphatic heterocycles. The topological polar surface area (TPSA) is 63.2 Å². The highest BCUT2D eigenvalue weighted by molar-refractivity contribution is 5.72. The van der Waals surface area contributed by atoms with E-state index in [0.717, 1.165) is 64.6 Å². The van der Waals surface area contributed by atoms with Crippen molar-refractivity contribution in [1.82, 2.24) is 0 Å². The Morgan fingerprint density at radius 1 is 1.09 bits per heavy atom. The van der Waals surface area contributed by atoms with Crippen molar-refractivity contribution in [2.45, 2.75) is 122 Å². The zero-order valence-electron chi connectivity index (χ0n) is 20.8. The Bertz CT molecular complexity index is 649. The molecule has 4 fully saturated rings. The van der Waals surface area contributed by atoms with Crippen LogP contribution in [-0.4, -0.2) is 50.1 Å². The number of unbranched alkanes of at least 4 members (excludes halogenated alkanes) is 1. The fourth-order valence-corrected chi connectivity index (χ4v) is 5.80. The summed E-state index contributed by atoms with van der Waals surface area (Å²) in [5.41, 5.74) is -0.00382. The number of fused-ring (bicyclic) bond motifs is 1. The normalized spacial score (nSPS) is 36.2. The smallest absolute Gasteiger partial charge is 0.306 e. The van der Waals surface area contributed by atoms with Crippen LogP contribution in [0.2, 0.25) is 0 Å². The zero-order valence-corrected chi connectivity index (χ0v) is 20.8. The second kappa shape index (κ2) is 11.7. The first-order valence-electron chi connectivity index (χ1n) is 13.4.